The quantitative estimate of drug-likeness (QED) is 0.565. The normalized spacial score (nSPS) is 14.1. The first-order valence-electron chi connectivity index (χ1n) is 8.58. The van der Waals surface area contributed by atoms with E-state index in [0.29, 0.717) is 11.3 Å². The fourth-order valence-corrected chi connectivity index (χ4v) is 4.91. The highest BCUT2D eigenvalue weighted by molar-refractivity contribution is 9.10. The molecule has 0 aliphatic heterocycles. The molecular weight excluding hydrogens is 428 g/mol. The van der Waals surface area contributed by atoms with Crippen LogP contribution in [0.25, 0.3) is 0 Å². The maximum Gasteiger partial charge on any atom is 0.182 e. The third-order valence-corrected chi connectivity index (χ3v) is 7.02. The molecule has 1 heterocycles. The lowest BCUT2D eigenvalue weighted by atomic mass is 9.93. The molecule has 0 amide bonds. The molecule has 27 heavy (non-hydrogen) atoms. The van der Waals surface area contributed by atoms with Crippen molar-refractivity contribution < 1.29 is 17.9 Å². The predicted octanol–water partition coefficient (Wildman–Crippen LogP) is 5.16. The maximum atomic E-state index is 12.8. The van der Waals surface area contributed by atoms with Gasteiger partial charge in [0, 0.05) is 16.0 Å². The van der Waals surface area contributed by atoms with Crippen molar-refractivity contribution in [3.63, 3.8) is 0 Å². The molecule has 0 aliphatic carbocycles. The Hall–Kier alpha value is -1.89. The van der Waals surface area contributed by atoms with Crippen molar-refractivity contribution in [1.82, 2.24) is 0 Å². The molecule has 2 unspecified atom stereocenters. The Kier molecular flexibility index (Phi) is 5.89. The minimum atomic E-state index is -3.51. The summed E-state index contributed by atoms with van der Waals surface area (Å²) < 4.78 is 31.9. The third-order valence-electron chi connectivity index (χ3n) is 4.62. The lowest BCUT2D eigenvalue weighted by molar-refractivity contribution is 0.140. The Labute approximate surface area is 167 Å². The van der Waals surface area contributed by atoms with Gasteiger partial charge in [0.2, 0.25) is 0 Å². The SMILES string of the molecule is Cc1ccc(S(=O)(=O)Cc2ccoc2C(C)C(O)c2ccccc2Br)cc1. The van der Waals surface area contributed by atoms with Crippen molar-refractivity contribution >= 4 is 25.8 Å². The van der Waals surface area contributed by atoms with Gasteiger partial charge in [0.1, 0.15) is 5.76 Å². The van der Waals surface area contributed by atoms with Crippen LogP contribution in [0.15, 0.2) is 74.6 Å². The molecule has 0 spiro atoms. The Balaban J connectivity index is 1.87. The smallest absolute Gasteiger partial charge is 0.182 e. The van der Waals surface area contributed by atoms with Gasteiger partial charge in [-0.05, 0) is 36.8 Å². The van der Waals surface area contributed by atoms with Crippen molar-refractivity contribution in [2.45, 2.75) is 36.5 Å². The van der Waals surface area contributed by atoms with Crippen LogP contribution in [0, 0.1) is 6.92 Å². The third kappa shape index (κ3) is 4.34. The molecule has 142 valence electrons. The van der Waals surface area contributed by atoms with E-state index in [4.69, 9.17) is 4.42 Å². The molecule has 3 aromatic rings. The maximum absolute atomic E-state index is 12.8. The standard InChI is InChI=1S/C21H21BrO4S/c1-14-7-9-17(10-8-14)27(24,25)13-16-11-12-26-21(16)15(2)20(23)18-5-3-4-6-19(18)22/h3-12,15,20,23H,13H2,1-2H3. The zero-order valence-corrected chi connectivity index (χ0v) is 17.5. The first-order valence-corrected chi connectivity index (χ1v) is 11.0. The van der Waals surface area contributed by atoms with Crippen LogP contribution < -0.4 is 0 Å². The summed E-state index contributed by atoms with van der Waals surface area (Å²) in [4.78, 5) is 0.277. The lowest BCUT2D eigenvalue weighted by Crippen LogP contribution is -2.11. The van der Waals surface area contributed by atoms with E-state index in [0.717, 1.165) is 15.6 Å². The second kappa shape index (κ2) is 8.00. The summed E-state index contributed by atoms with van der Waals surface area (Å²) in [7, 11) is -3.51. The average Bonchev–Trinajstić information content (AvgIpc) is 3.08. The topological polar surface area (TPSA) is 67.5 Å². The zero-order chi connectivity index (χ0) is 19.6. The van der Waals surface area contributed by atoms with Gasteiger partial charge in [0.25, 0.3) is 0 Å². The molecule has 0 fully saturated rings. The summed E-state index contributed by atoms with van der Waals surface area (Å²) in [6, 6.07) is 15.9. The second-order valence-corrected chi connectivity index (χ2v) is 9.48. The van der Waals surface area contributed by atoms with Crippen LogP contribution in [0.3, 0.4) is 0 Å². The number of furan rings is 1. The highest BCUT2D eigenvalue weighted by Gasteiger charge is 2.27. The summed E-state index contributed by atoms with van der Waals surface area (Å²) >= 11 is 3.45. The van der Waals surface area contributed by atoms with E-state index in [1.165, 1.54) is 6.26 Å². The molecule has 2 atom stereocenters. The lowest BCUT2D eigenvalue weighted by Gasteiger charge is -2.20. The van der Waals surface area contributed by atoms with Gasteiger partial charge >= 0.3 is 0 Å². The molecule has 1 N–H and O–H groups in total. The van der Waals surface area contributed by atoms with Crippen LogP contribution >= 0.6 is 15.9 Å². The molecule has 0 aliphatic rings. The average molecular weight is 449 g/mol. The van der Waals surface area contributed by atoms with Crippen molar-refractivity contribution in [2.24, 2.45) is 0 Å². The molecule has 2 aromatic carbocycles. The van der Waals surface area contributed by atoms with Crippen LogP contribution in [0.2, 0.25) is 0 Å². The summed E-state index contributed by atoms with van der Waals surface area (Å²) in [5.41, 5.74) is 2.30. The number of benzene rings is 2. The first-order chi connectivity index (χ1) is 12.8. The highest BCUT2D eigenvalue weighted by Crippen LogP contribution is 2.36. The zero-order valence-electron chi connectivity index (χ0n) is 15.1. The van der Waals surface area contributed by atoms with E-state index in [1.807, 2.05) is 38.1 Å². The highest BCUT2D eigenvalue weighted by atomic mass is 79.9. The van der Waals surface area contributed by atoms with Crippen molar-refractivity contribution in [3.05, 3.63) is 87.8 Å². The predicted molar refractivity (Wildman–Crippen MR) is 108 cm³/mol. The number of sulfone groups is 1. The van der Waals surface area contributed by atoms with Gasteiger partial charge in [-0.2, -0.15) is 0 Å². The number of aryl methyl sites for hydroxylation is 1. The summed E-state index contributed by atoms with van der Waals surface area (Å²) in [6.45, 7) is 3.74. The van der Waals surface area contributed by atoms with Crippen LogP contribution in [0.5, 0.6) is 0 Å². The minimum absolute atomic E-state index is 0.172. The number of hydrogen-bond donors (Lipinski definition) is 1. The van der Waals surface area contributed by atoms with Crippen molar-refractivity contribution in [2.75, 3.05) is 0 Å². The largest absolute Gasteiger partial charge is 0.469 e. The van der Waals surface area contributed by atoms with Gasteiger partial charge in [-0.1, -0.05) is 58.7 Å². The number of aliphatic hydroxyl groups is 1. The van der Waals surface area contributed by atoms with E-state index in [1.54, 1.807) is 30.3 Å². The van der Waals surface area contributed by atoms with Crippen molar-refractivity contribution in [1.29, 1.82) is 0 Å². The fraction of sp³-hybridized carbons (Fsp3) is 0.238. The number of hydrogen-bond acceptors (Lipinski definition) is 4. The number of rotatable bonds is 6. The molecule has 0 saturated heterocycles. The molecule has 1 aromatic heterocycles. The van der Waals surface area contributed by atoms with E-state index >= 15 is 0 Å². The number of aliphatic hydroxyl groups excluding tert-OH is 1. The molecule has 0 saturated carbocycles. The molecule has 3 rings (SSSR count). The fourth-order valence-electron chi connectivity index (χ4n) is 3.03. The van der Waals surface area contributed by atoms with Gasteiger partial charge in [0.05, 0.1) is 23.0 Å². The Morgan fingerprint density at radius 1 is 1.07 bits per heavy atom. The Bertz CT molecular complexity index is 1020. The van der Waals surface area contributed by atoms with Gasteiger partial charge in [-0.3, -0.25) is 0 Å². The molecule has 0 radical (unpaired) electrons. The monoisotopic (exact) mass is 448 g/mol. The first kappa shape index (κ1) is 19.9. The number of halogens is 1. The Morgan fingerprint density at radius 3 is 2.41 bits per heavy atom. The van der Waals surface area contributed by atoms with E-state index < -0.39 is 21.9 Å². The minimum Gasteiger partial charge on any atom is -0.469 e. The molecule has 0 bridgehead atoms. The van der Waals surface area contributed by atoms with E-state index in [2.05, 4.69) is 15.9 Å². The van der Waals surface area contributed by atoms with Gasteiger partial charge in [-0.25, -0.2) is 8.42 Å². The summed E-state index contributed by atoms with van der Waals surface area (Å²) in [6.07, 6.45) is 0.644. The summed E-state index contributed by atoms with van der Waals surface area (Å²) in [5.74, 6) is -0.0922. The van der Waals surface area contributed by atoms with Gasteiger partial charge in [-0.15, -0.1) is 0 Å². The molecule has 6 heteroatoms. The van der Waals surface area contributed by atoms with Gasteiger partial charge < -0.3 is 9.52 Å². The van der Waals surface area contributed by atoms with Crippen LogP contribution in [-0.4, -0.2) is 13.5 Å². The van der Waals surface area contributed by atoms with Crippen LogP contribution in [-0.2, 0) is 15.6 Å². The summed E-state index contributed by atoms with van der Waals surface area (Å²) in [5, 5.41) is 10.8. The molecule has 4 nitrogen and oxygen atoms in total. The van der Waals surface area contributed by atoms with Gasteiger partial charge in [0.15, 0.2) is 9.84 Å². The van der Waals surface area contributed by atoms with Crippen LogP contribution in [0.4, 0.5) is 0 Å². The van der Waals surface area contributed by atoms with Crippen LogP contribution in [0.1, 0.15) is 41.4 Å². The van der Waals surface area contributed by atoms with Crippen molar-refractivity contribution in [3.8, 4) is 0 Å². The Morgan fingerprint density at radius 2 is 1.74 bits per heavy atom. The molecular formula is C21H21BrO4S. The van der Waals surface area contributed by atoms with E-state index in [9.17, 15) is 13.5 Å². The second-order valence-electron chi connectivity index (χ2n) is 6.64. The van der Waals surface area contributed by atoms with E-state index in [-0.39, 0.29) is 10.6 Å².